The van der Waals surface area contributed by atoms with Crippen LogP contribution in [0.3, 0.4) is 0 Å². The molecular formula is C39H63N6O9P. The molecule has 0 amide bonds. The van der Waals surface area contributed by atoms with Crippen molar-refractivity contribution < 1.29 is 42.9 Å². The minimum Gasteiger partial charge on any atom is -0.387 e. The number of nitrogens with two attached hydrogens (primary N) is 1. The fourth-order valence-electron chi connectivity index (χ4n) is 6.20. The van der Waals surface area contributed by atoms with Crippen LogP contribution in [0.5, 0.6) is 0 Å². The number of aliphatic hydroxyl groups excluding tert-OH is 2. The normalized spacial score (nSPS) is 15.1. The van der Waals surface area contributed by atoms with Gasteiger partial charge in [-0.15, -0.1) is 0 Å². The van der Waals surface area contributed by atoms with Crippen molar-refractivity contribution in [2.75, 3.05) is 39.3 Å². The van der Waals surface area contributed by atoms with Crippen LogP contribution in [0, 0.1) is 11.3 Å². The summed E-state index contributed by atoms with van der Waals surface area (Å²) in [6, 6.07) is 10.1. The van der Waals surface area contributed by atoms with Gasteiger partial charge in [0.25, 0.3) is 0 Å². The predicted molar refractivity (Wildman–Crippen MR) is 209 cm³/mol. The van der Waals surface area contributed by atoms with Crippen LogP contribution in [-0.2, 0) is 34.4 Å². The maximum absolute atomic E-state index is 12.9. The fraction of sp³-hybridized carbons (Fsp3) is 0.692. The van der Waals surface area contributed by atoms with Crippen molar-refractivity contribution in [3.05, 3.63) is 53.7 Å². The molecule has 0 aliphatic carbocycles. The Kier molecular flexibility index (Phi) is 22.5. The molecule has 0 aromatic carbocycles. The highest BCUT2D eigenvalue weighted by molar-refractivity contribution is 7.47. The molecule has 55 heavy (non-hydrogen) atoms. The molecule has 3 aromatic heterocycles. The van der Waals surface area contributed by atoms with Crippen LogP contribution in [0.15, 0.2) is 36.7 Å². The topological polar surface area (TPSA) is 217 Å². The molecule has 0 fully saturated rings. The summed E-state index contributed by atoms with van der Waals surface area (Å²) in [7, 11) is -3.42. The van der Waals surface area contributed by atoms with E-state index in [1.807, 2.05) is 6.07 Å². The molecule has 0 spiro atoms. The van der Waals surface area contributed by atoms with E-state index >= 15 is 0 Å². The van der Waals surface area contributed by atoms with Crippen LogP contribution in [0.4, 0.5) is 5.82 Å². The van der Waals surface area contributed by atoms with Crippen LogP contribution >= 0.6 is 7.82 Å². The maximum Gasteiger partial charge on any atom is 0.472 e. The zero-order chi connectivity index (χ0) is 39.7. The zero-order valence-electron chi connectivity index (χ0n) is 32.7. The first-order valence-corrected chi connectivity index (χ1v) is 21.3. The molecular weight excluding hydrogens is 727 g/mol. The number of hydrogen-bond donors (Lipinski definition) is 4. The Morgan fingerprint density at radius 1 is 0.873 bits per heavy atom. The van der Waals surface area contributed by atoms with E-state index in [1.165, 1.54) is 107 Å². The molecule has 308 valence electrons. The van der Waals surface area contributed by atoms with E-state index in [2.05, 4.69) is 22.0 Å². The molecule has 0 bridgehead atoms. The zero-order valence-corrected chi connectivity index (χ0v) is 33.6. The number of methoxy groups -OCH3 is 1. The van der Waals surface area contributed by atoms with Gasteiger partial charge in [0, 0.05) is 13.7 Å². The number of hydrogen-bond acceptors (Lipinski definition) is 13. The molecule has 5 N–H and O–H groups in total. The fourth-order valence-corrected chi connectivity index (χ4v) is 6.96. The molecule has 3 heterocycles. The van der Waals surface area contributed by atoms with Crippen molar-refractivity contribution >= 4 is 19.2 Å². The van der Waals surface area contributed by atoms with Crippen LogP contribution in [0.1, 0.15) is 133 Å². The van der Waals surface area contributed by atoms with Gasteiger partial charge in [-0.2, -0.15) is 10.4 Å². The standard InChI is InChI=1S/C39H63N6O9P/c1-3-4-5-6-7-8-9-10-11-12-13-14-15-16-17-18-24-51-27-33(52-26-32-21-19-20-31(25-40)44-32)28-53-55(48,49)54-29-36(50-2)38(47)37(46)34-22-23-35-39(41)42-30-43-45(34)35/h19-23,30,33,36-38,46-47H,3-18,24,26-29H2,1-2H3,(H,48,49)(H2,41,42,43)/t33-,36-,37+,38-/m1/s1. The van der Waals surface area contributed by atoms with E-state index in [1.54, 1.807) is 24.3 Å². The summed E-state index contributed by atoms with van der Waals surface area (Å²) in [4.78, 5) is 18.6. The van der Waals surface area contributed by atoms with Crippen LogP contribution in [0.2, 0.25) is 0 Å². The summed E-state index contributed by atoms with van der Waals surface area (Å²) in [5.74, 6) is 0.188. The number of anilines is 1. The van der Waals surface area contributed by atoms with Gasteiger partial charge in [0.05, 0.1) is 37.8 Å². The second-order valence-corrected chi connectivity index (χ2v) is 15.4. The van der Waals surface area contributed by atoms with Crippen LogP contribution in [-0.4, -0.2) is 86.5 Å². The third-order valence-electron chi connectivity index (χ3n) is 9.48. The smallest absolute Gasteiger partial charge is 0.387 e. The Bertz CT molecular complexity index is 1570. The molecule has 0 radical (unpaired) electrons. The summed E-state index contributed by atoms with van der Waals surface area (Å²) in [6.07, 6.45) is 16.6. The Morgan fingerprint density at radius 2 is 1.49 bits per heavy atom. The van der Waals surface area contributed by atoms with Gasteiger partial charge in [0.2, 0.25) is 0 Å². The average Bonchev–Trinajstić information content (AvgIpc) is 3.63. The number of nitriles is 1. The third-order valence-corrected chi connectivity index (χ3v) is 10.4. The van der Waals surface area contributed by atoms with Crippen molar-refractivity contribution in [2.24, 2.45) is 0 Å². The molecule has 0 saturated carbocycles. The molecule has 16 heteroatoms. The van der Waals surface area contributed by atoms with Gasteiger partial charge in [0.15, 0.2) is 5.82 Å². The number of pyridine rings is 1. The van der Waals surface area contributed by atoms with Gasteiger partial charge < -0.3 is 35.1 Å². The molecule has 0 saturated heterocycles. The molecule has 5 atom stereocenters. The van der Waals surface area contributed by atoms with Crippen LogP contribution < -0.4 is 5.73 Å². The Labute approximate surface area is 326 Å². The molecule has 0 aliphatic rings. The summed E-state index contributed by atoms with van der Waals surface area (Å²) < 4.78 is 41.7. The van der Waals surface area contributed by atoms with E-state index in [9.17, 15) is 24.9 Å². The maximum atomic E-state index is 12.9. The first-order valence-electron chi connectivity index (χ1n) is 19.8. The average molecular weight is 791 g/mol. The van der Waals surface area contributed by atoms with E-state index in [0.717, 1.165) is 19.3 Å². The Balaban J connectivity index is 1.38. The summed E-state index contributed by atoms with van der Waals surface area (Å²) in [6.45, 7) is 1.92. The lowest BCUT2D eigenvalue weighted by atomic mass is 10.0. The highest BCUT2D eigenvalue weighted by Crippen LogP contribution is 2.44. The van der Waals surface area contributed by atoms with E-state index in [-0.39, 0.29) is 37.0 Å². The minimum absolute atomic E-state index is 0.0172. The van der Waals surface area contributed by atoms with Crippen LogP contribution in [0.25, 0.3) is 5.52 Å². The van der Waals surface area contributed by atoms with Crippen molar-refractivity contribution in [3.8, 4) is 6.07 Å². The number of phosphoric ester groups is 1. The van der Waals surface area contributed by atoms with Gasteiger partial charge in [0.1, 0.15) is 48.0 Å². The van der Waals surface area contributed by atoms with Gasteiger partial charge >= 0.3 is 7.82 Å². The lowest BCUT2D eigenvalue weighted by Gasteiger charge is -2.26. The first-order chi connectivity index (χ1) is 26.7. The lowest BCUT2D eigenvalue weighted by molar-refractivity contribution is -0.0963. The predicted octanol–water partition coefficient (Wildman–Crippen LogP) is 6.98. The van der Waals surface area contributed by atoms with Crippen molar-refractivity contribution in [3.63, 3.8) is 0 Å². The molecule has 3 rings (SSSR count). The molecule has 3 aromatic rings. The number of ether oxygens (including phenoxy) is 3. The number of unbranched alkanes of at least 4 members (excludes halogenated alkanes) is 15. The third kappa shape index (κ3) is 17.8. The van der Waals surface area contributed by atoms with Gasteiger partial charge in [-0.25, -0.2) is 19.0 Å². The number of rotatable bonds is 32. The van der Waals surface area contributed by atoms with Gasteiger partial charge in [-0.1, -0.05) is 109 Å². The number of aliphatic hydroxyl groups is 2. The van der Waals surface area contributed by atoms with Gasteiger partial charge in [-0.05, 0) is 30.7 Å². The van der Waals surface area contributed by atoms with E-state index < -0.39 is 38.8 Å². The second-order valence-electron chi connectivity index (χ2n) is 13.9. The van der Waals surface area contributed by atoms with Gasteiger partial charge in [-0.3, -0.25) is 9.05 Å². The van der Waals surface area contributed by atoms with Crippen molar-refractivity contribution in [1.29, 1.82) is 5.26 Å². The molecule has 1 unspecified atom stereocenters. The molecule has 0 aliphatic heterocycles. The second kappa shape index (κ2) is 26.8. The summed E-state index contributed by atoms with van der Waals surface area (Å²) >= 11 is 0. The lowest BCUT2D eigenvalue weighted by Crippen LogP contribution is -2.37. The quantitative estimate of drug-likeness (QED) is 0.0371. The van der Waals surface area contributed by atoms with E-state index in [0.29, 0.717) is 17.8 Å². The Morgan fingerprint density at radius 3 is 2.11 bits per heavy atom. The number of aromatic nitrogens is 4. The largest absolute Gasteiger partial charge is 0.472 e. The number of fused-ring (bicyclic) bond motifs is 1. The highest BCUT2D eigenvalue weighted by atomic mass is 31.2. The summed E-state index contributed by atoms with van der Waals surface area (Å²) in [5.41, 5.74) is 7.25. The number of nitrogen functional groups attached to an aromatic ring is 1. The van der Waals surface area contributed by atoms with Crippen molar-refractivity contribution in [1.82, 2.24) is 19.6 Å². The summed E-state index contributed by atoms with van der Waals surface area (Å²) in [5, 5.41) is 35.0. The highest BCUT2D eigenvalue weighted by Gasteiger charge is 2.33. The van der Waals surface area contributed by atoms with Crippen molar-refractivity contribution in [2.45, 2.75) is 141 Å². The van der Waals surface area contributed by atoms with E-state index in [4.69, 9.17) is 29.0 Å². The Hall–Kier alpha value is -3.03. The number of nitrogens with zero attached hydrogens (tertiary/aromatic N) is 5. The number of phosphoric acid groups is 1. The first kappa shape index (κ1) is 46.4. The SMILES string of the molecule is CCCCCCCCCCCCCCCCCCOC[C@H](COP(=O)(O)OC[C@@H](OC)[C@@H](O)[C@@H](O)c1ccc2c(N)ncnn12)OCc1cccc(C#N)n1. The molecule has 15 nitrogen and oxygen atoms in total. The minimum atomic E-state index is -4.69. The monoisotopic (exact) mass is 790 g/mol.